The van der Waals surface area contributed by atoms with Gasteiger partial charge in [0, 0.05) is 11.6 Å². The standard InChI is InChI=1S/C11H15NO2/c1-13-10-6-4-7-8(11(10)14-2)3-5-9(7)12/h4,6,9H,3,5,12H2,1-2H3/t9-/m0/s1. The van der Waals surface area contributed by atoms with Crippen LogP contribution in [-0.4, -0.2) is 14.2 Å². The molecule has 3 nitrogen and oxygen atoms in total. The van der Waals surface area contributed by atoms with Gasteiger partial charge in [0.2, 0.25) is 0 Å². The molecule has 3 heteroatoms. The molecule has 1 aliphatic carbocycles. The van der Waals surface area contributed by atoms with Gasteiger partial charge in [-0.2, -0.15) is 0 Å². The lowest BCUT2D eigenvalue weighted by Crippen LogP contribution is -2.05. The van der Waals surface area contributed by atoms with Crippen LogP contribution in [0.5, 0.6) is 11.5 Å². The number of fused-ring (bicyclic) bond motifs is 1. The number of nitrogens with two attached hydrogens (primary N) is 1. The first-order valence-electron chi connectivity index (χ1n) is 4.77. The fourth-order valence-electron chi connectivity index (χ4n) is 2.07. The molecule has 1 aromatic rings. The van der Waals surface area contributed by atoms with Crippen molar-refractivity contribution in [2.24, 2.45) is 5.73 Å². The van der Waals surface area contributed by atoms with Crippen molar-refractivity contribution in [1.82, 2.24) is 0 Å². The van der Waals surface area contributed by atoms with Gasteiger partial charge in [0.1, 0.15) is 0 Å². The van der Waals surface area contributed by atoms with Gasteiger partial charge < -0.3 is 15.2 Å². The smallest absolute Gasteiger partial charge is 0.164 e. The van der Waals surface area contributed by atoms with E-state index in [1.807, 2.05) is 12.1 Å². The van der Waals surface area contributed by atoms with Crippen molar-refractivity contribution < 1.29 is 9.47 Å². The van der Waals surface area contributed by atoms with Crippen LogP contribution in [0.4, 0.5) is 0 Å². The van der Waals surface area contributed by atoms with Crippen LogP contribution in [0.3, 0.4) is 0 Å². The molecule has 0 saturated carbocycles. The Balaban J connectivity index is 2.54. The summed E-state index contributed by atoms with van der Waals surface area (Å²) in [7, 11) is 3.32. The highest BCUT2D eigenvalue weighted by Gasteiger charge is 2.24. The molecule has 0 amide bonds. The van der Waals surface area contributed by atoms with Gasteiger partial charge >= 0.3 is 0 Å². The molecule has 0 saturated heterocycles. The van der Waals surface area contributed by atoms with Crippen molar-refractivity contribution in [1.29, 1.82) is 0 Å². The maximum atomic E-state index is 5.97. The molecule has 1 aromatic carbocycles. The minimum Gasteiger partial charge on any atom is -0.493 e. The monoisotopic (exact) mass is 193 g/mol. The Bertz CT molecular complexity index is 349. The SMILES string of the molecule is COc1ccc2c(c1OC)CC[C@@H]2N. The van der Waals surface area contributed by atoms with Crippen LogP contribution in [0.2, 0.25) is 0 Å². The van der Waals surface area contributed by atoms with Crippen molar-refractivity contribution in [2.75, 3.05) is 14.2 Å². The van der Waals surface area contributed by atoms with E-state index in [0.29, 0.717) is 0 Å². The predicted octanol–water partition coefficient (Wildman–Crippen LogP) is 1.65. The first-order chi connectivity index (χ1) is 6.77. The Hall–Kier alpha value is -1.22. The first-order valence-corrected chi connectivity index (χ1v) is 4.77. The number of methoxy groups -OCH3 is 2. The summed E-state index contributed by atoms with van der Waals surface area (Å²) in [6.07, 6.45) is 1.98. The molecular formula is C11H15NO2. The Morgan fingerprint density at radius 1 is 1.29 bits per heavy atom. The fraction of sp³-hybridized carbons (Fsp3) is 0.455. The maximum Gasteiger partial charge on any atom is 0.164 e. The van der Waals surface area contributed by atoms with E-state index in [0.717, 1.165) is 24.3 Å². The second-order valence-electron chi connectivity index (χ2n) is 3.51. The number of hydrogen-bond acceptors (Lipinski definition) is 3. The van der Waals surface area contributed by atoms with E-state index in [9.17, 15) is 0 Å². The molecule has 0 fully saturated rings. The van der Waals surface area contributed by atoms with Crippen LogP contribution in [0, 0.1) is 0 Å². The quantitative estimate of drug-likeness (QED) is 0.776. The van der Waals surface area contributed by atoms with E-state index in [-0.39, 0.29) is 6.04 Å². The van der Waals surface area contributed by atoms with Crippen LogP contribution in [0.25, 0.3) is 0 Å². The van der Waals surface area contributed by atoms with Crippen molar-refractivity contribution in [3.05, 3.63) is 23.3 Å². The van der Waals surface area contributed by atoms with Gasteiger partial charge in [0.15, 0.2) is 11.5 Å². The van der Waals surface area contributed by atoms with Crippen molar-refractivity contribution >= 4 is 0 Å². The zero-order valence-electron chi connectivity index (χ0n) is 8.54. The molecule has 0 unspecified atom stereocenters. The summed E-state index contributed by atoms with van der Waals surface area (Å²) >= 11 is 0. The van der Waals surface area contributed by atoms with Gasteiger partial charge in [-0.25, -0.2) is 0 Å². The van der Waals surface area contributed by atoms with Crippen molar-refractivity contribution in [3.8, 4) is 11.5 Å². The Kier molecular flexibility index (Phi) is 2.33. The van der Waals surface area contributed by atoms with E-state index in [1.165, 1.54) is 11.1 Å². The zero-order chi connectivity index (χ0) is 10.1. The summed E-state index contributed by atoms with van der Waals surface area (Å²) in [6, 6.07) is 4.11. The van der Waals surface area contributed by atoms with Crippen molar-refractivity contribution in [2.45, 2.75) is 18.9 Å². The first kappa shape index (κ1) is 9.34. The van der Waals surface area contributed by atoms with Crippen LogP contribution in [0.15, 0.2) is 12.1 Å². The third-order valence-corrected chi connectivity index (χ3v) is 2.79. The predicted molar refractivity (Wildman–Crippen MR) is 54.8 cm³/mol. The van der Waals surface area contributed by atoms with E-state index in [4.69, 9.17) is 15.2 Å². The second kappa shape index (κ2) is 3.50. The highest BCUT2D eigenvalue weighted by Crippen LogP contribution is 2.41. The molecule has 76 valence electrons. The summed E-state index contributed by atoms with van der Waals surface area (Å²) in [6.45, 7) is 0. The van der Waals surface area contributed by atoms with E-state index < -0.39 is 0 Å². The van der Waals surface area contributed by atoms with Gasteiger partial charge in [-0.3, -0.25) is 0 Å². The largest absolute Gasteiger partial charge is 0.493 e. The van der Waals surface area contributed by atoms with Crippen molar-refractivity contribution in [3.63, 3.8) is 0 Å². The maximum absolute atomic E-state index is 5.97. The Labute approximate surface area is 83.8 Å². The highest BCUT2D eigenvalue weighted by atomic mass is 16.5. The molecule has 0 radical (unpaired) electrons. The van der Waals surface area contributed by atoms with Gasteiger partial charge in [-0.05, 0) is 24.5 Å². The summed E-state index contributed by atoms with van der Waals surface area (Å²) in [5.41, 5.74) is 8.37. The molecular weight excluding hydrogens is 178 g/mol. The van der Waals surface area contributed by atoms with Gasteiger partial charge in [-0.15, -0.1) is 0 Å². The minimum atomic E-state index is 0.157. The average Bonchev–Trinajstić information content (AvgIpc) is 2.59. The minimum absolute atomic E-state index is 0.157. The lowest BCUT2D eigenvalue weighted by molar-refractivity contribution is 0.352. The third kappa shape index (κ3) is 1.24. The van der Waals surface area contributed by atoms with E-state index in [2.05, 4.69) is 0 Å². The van der Waals surface area contributed by atoms with Crippen LogP contribution in [-0.2, 0) is 6.42 Å². The number of ether oxygens (including phenoxy) is 2. The van der Waals surface area contributed by atoms with Crippen LogP contribution in [0.1, 0.15) is 23.6 Å². The molecule has 14 heavy (non-hydrogen) atoms. The van der Waals surface area contributed by atoms with E-state index in [1.54, 1.807) is 14.2 Å². The Morgan fingerprint density at radius 2 is 2.07 bits per heavy atom. The second-order valence-corrected chi connectivity index (χ2v) is 3.51. The molecule has 0 spiro atoms. The van der Waals surface area contributed by atoms with Crippen LogP contribution >= 0.6 is 0 Å². The summed E-state index contributed by atoms with van der Waals surface area (Å²) < 4.78 is 10.6. The molecule has 0 heterocycles. The van der Waals surface area contributed by atoms with Gasteiger partial charge in [0.05, 0.1) is 14.2 Å². The molecule has 1 aliphatic rings. The lowest BCUT2D eigenvalue weighted by Gasteiger charge is -2.12. The number of benzene rings is 1. The normalized spacial score (nSPS) is 19.2. The lowest BCUT2D eigenvalue weighted by atomic mass is 10.1. The Morgan fingerprint density at radius 3 is 2.71 bits per heavy atom. The molecule has 0 bridgehead atoms. The summed E-state index contributed by atoms with van der Waals surface area (Å²) in [5, 5.41) is 0. The molecule has 0 aromatic heterocycles. The van der Waals surface area contributed by atoms with Crippen LogP contribution < -0.4 is 15.2 Å². The number of rotatable bonds is 2. The zero-order valence-corrected chi connectivity index (χ0v) is 8.54. The third-order valence-electron chi connectivity index (χ3n) is 2.79. The molecule has 2 rings (SSSR count). The number of hydrogen-bond donors (Lipinski definition) is 1. The van der Waals surface area contributed by atoms with Gasteiger partial charge in [-0.1, -0.05) is 6.07 Å². The average molecular weight is 193 g/mol. The fourth-order valence-corrected chi connectivity index (χ4v) is 2.07. The summed E-state index contributed by atoms with van der Waals surface area (Å²) in [4.78, 5) is 0. The highest BCUT2D eigenvalue weighted by molar-refractivity contribution is 5.53. The summed E-state index contributed by atoms with van der Waals surface area (Å²) in [5.74, 6) is 1.64. The van der Waals surface area contributed by atoms with E-state index >= 15 is 0 Å². The molecule has 2 N–H and O–H groups in total. The van der Waals surface area contributed by atoms with Gasteiger partial charge in [0.25, 0.3) is 0 Å². The topological polar surface area (TPSA) is 44.5 Å². The molecule has 1 atom stereocenters. The molecule has 0 aliphatic heterocycles.